The van der Waals surface area contributed by atoms with Gasteiger partial charge in [0.25, 0.3) is 10.0 Å². The van der Waals surface area contributed by atoms with Gasteiger partial charge in [0, 0.05) is 12.6 Å². The van der Waals surface area contributed by atoms with Crippen molar-refractivity contribution < 1.29 is 22.7 Å². The van der Waals surface area contributed by atoms with E-state index >= 15 is 0 Å². The highest BCUT2D eigenvalue weighted by Gasteiger charge is 2.30. The number of hydrogen-bond donors (Lipinski definition) is 0. The molecule has 0 bridgehead atoms. The molecule has 0 fully saturated rings. The first-order valence-corrected chi connectivity index (χ1v) is 12.7. The molecule has 0 N–H and O–H groups in total. The van der Waals surface area contributed by atoms with E-state index in [0.29, 0.717) is 29.1 Å². The summed E-state index contributed by atoms with van der Waals surface area (Å²) < 4.78 is 33.3. The predicted octanol–water partition coefficient (Wildman–Crippen LogP) is 4.70. The summed E-state index contributed by atoms with van der Waals surface area (Å²) in [6.45, 7) is 0.0704. The highest BCUT2D eigenvalue weighted by atomic mass is 79.9. The number of ether oxygens (including phenoxy) is 1. The van der Waals surface area contributed by atoms with Gasteiger partial charge in [0.1, 0.15) is 0 Å². The zero-order chi connectivity index (χ0) is 22.7. The van der Waals surface area contributed by atoms with Gasteiger partial charge in [-0.3, -0.25) is 9.10 Å². The molecular weight excluding hydrogens is 514 g/mol. The molecular formula is C23H18BrNO5S2. The molecule has 0 radical (unpaired) electrons. The van der Waals surface area contributed by atoms with E-state index in [0.717, 1.165) is 9.35 Å². The SMILES string of the molecule is O=C(/C=C/c1ccc(S(=O)(=O)N2CCc3ccccc32)cc1)OCC(=O)c1ccc(Br)s1. The summed E-state index contributed by atoms with van der Waals surface area (Å²) in [5.41, 5.74) is 2.36. The van der Waals surface area contributed by atoms with Crippen molar-refractivity contribution in [2.45, 2.75) is 11.3 Å². The highest BCUT2D eigenvalue weighted by Crippen LogP contribution is 2.32. The molecule has 32 heavy (non-hydrogen) atoms. The van der Waals surface area contributed by atoms with Gasteiger partial charge in [0.2, 0.25) is 5.78 Å². The number of sulfonamides is 1. The fraction of sp³-hybridized carbons (Fsp3) is 0.130. The Labute approximate surface area is 198 Å². The Kier molecular flexibility index (Phi) is 6.59. The van der Waals surface area contributed by atoms with Crippen molar-refractivity contribution in [3.8, 4) is 0 Å². The number of ketones is 1. The Morgan fingerprint density at radius 1 is 1.06 bits per heavy atom. The molecule has 0 saturated heterocycles. The van der Waals surface area contributed by atoms with Crippen LogP contribution in [0.25, 0.3) is 6.08 Å². The van der Waals surface area contributed by atoms with Crippen LogP contribution in [-0.4, -0.2) is 33.3 Å². The molecule has 2 heterocycles. The normalized spacial score (nSPS) is 13.3. The lowest BCUT2D eigenvalue weighted by Crippen LogP contribution is -2.29. The van der Waals surface area contributed by atoms with Crippen LogP contribution in [0.5, 0.6) is 0 Å². The zero-order valence-electron chi connectivity index (χ0n) is 16.7. The molecule has 3 aromatic rings. The van der Waals surface area contributed by atoms with Crippen LogP contribution < -0.4 is 4.31 Å². The van der Waals surface area contributed by atoms with Gasteiger partial charge < -0.3 is 4.74 Å². The van der Waals surface area contributed by atoms with Crippen LogP contribution in [0.2, 0.25) is 0 Å². The van der Waals surface area contributed by atoms with Crippen molar-refractivity contribution in [2.75, 3.05) is 17.5 Å². The molecule has 2 aromatic carbocycles. The number of carbonyl (C=O) groups excluding carboxylic acids is 2. The molecule has 1 aliphatic rings. The molecule has 1 aliphatic heterocycles. The van der Waals surface area contributed by atoms with Crippen LogP contribution >= 0.6 is 27.3 Å². The number of anilines is 1. The lowest BCUT2D eigenvalue weighted by atomic mass is 10.2. The van der Waals surface area contributed by atoms with Crippen LogP contribution in [-0.2, 0) is 26.0 Å². The molecule has 9 heteroatoms. The van der Waals surface area contributed by atoms with E-state index in [2.05, 4.69) is 15.9 Å². The van der Waals surface area contributed by atoms with Crippen molar-refractivity contribution in [2.24, 2.45) is 0 Å². The molecule has 164 valence electrons. The minimum atomic E-state index is -3.67. The van der Waals surface area contributed by atoms with Crippen LogP contribution in [0.3, 0.4) is 0 Å². The maximum absolute atomic E-state index is 13.0. The largest absolute Gasteiger partial charge is 0.454 e. The van der Waals surface area contributed by atoms with E-state index in [1.807, 2.05) is 24.3 Å². The summed E-state index contributed by atoms with van der Waals surface area (Å²) >= 11 is 4.55. The van der Waals surface area contributed by atoms with Gasteiger partial charge in [-0.25, -0.2) is 13.2 Å². The number of halogens is 1. The fourth-order valence-electron chi connectivity index (χ4n) is 3.32. The van der Waals surface area contributed by atoms with Crippen molar-refractivity contribution in [3.63, 3.8) is 0 Å². The maximum atomic E-state index is 13.0. The second kappa shape index (κ2) is 9.40. The third-order valence-electron chi connectivity index (χ3n) is 4.92. The molecule has 0 spiro atoms. The molecule has 0 unspecified atom stereocenters. The highest BCUT2D eigenvalue weighted by molar-refractivity contribution is 9.11. The number of rotatable bonds is 7. The number of esters is 1. The second-order valence-corrected chi connectivity index (χ2v) is 11.3. The number of hydrogen-bond acceptors (Lipinski definition) is 6. The first-order valence-electron chi connectivity index (χ1n) is 9.69. The third kappa shape index (κ3) is 4.85. The summed E-state index contributed by atoms with van der Waals surface area (Å²) in [5, 5.41) is 0. The lowest BCUT2D eigenvalue weighted by Gasteiger charge is -2.19. The lowest BCUT2D eigenvalue weighted by molar-refractivity contribution is -0.136. The van der Waals surface area contributed by atoms with Gasteiger partial charge in [-0.2, -0.15) is 0 Å². The van der Waals surface area contributed by atoms with E-state index in [9.17, 15) is 18.0 Å². The first kappa shape index (κ1) is 22.4. The number of thiophene rings is 1. The second-order valence-electron chi connectivity index (χ2n) is 6.99. The molecule has 1 aromatic heterocycles. The van der Waals surface area contributed by atoms with Gasteiger partial charge in [0.05, 0.1) is 19.2 Å². The fourth-order valence-corrected chi connectivity index (χ4v) is 6.13. The average molecular weight is 532 g/mol. The number of para-hydroxylation sites is 1. The number of benzene rings is 2. The smallest absolute Gasteiger partial charge is 0.331 e. The summed E-state index contributed by atoms with van der Waals surface area (Å²) in [6.07, 6.45) is 3.40. The van der Waals surface area contributed by atoms with E-state index in [1.54, 1.807) is 24.3 Å². The number of nitrogens with zero attached hydrogens (tertiary/aromatic N) is 1. The Hall–Kier alpha value is -2.75. The van der Waals surface area contributed by atoms with E-state index in [4.69, 9.17) is 4.74 Å². The number of fused-ring (bicyclic) bond motifs is 1. The molecule has 6 nitrogen and oxygen atoms in total. The van der Waals surface area contributed by atoms with Gasteiger partial charge in [0.15, 0.2) is 6.61 Å². The number of carbonyl (C=O) groups is 2. The Morgan fingerprint density at radius 3 is 2.53 bits per heavy atom. The molecule has 0 saturated carbocycles. The van der Waals surface area contributed by atoms with Crippen LogP contribution in [0, 0.1) is 0 Å². The standard InChI is InChI=1S/C23H18BrNO5S2/c24-22-11-10-21(31-22)20(26)15-30-23(27)12-7-16-5-8-18(9-6-16)32(28,29)25-14-13-17-3-1-2-4-19(17)25/h1-12H,13-15H2/b12-7+. The Bertz CT molecular complexity index is 1300. The van der Waals surface area contributed by atoms with Gasteiger partial charge >= 0.3 is 5.97 Å². The van der Waals surface area contributed by atoms with Crippen LogP contribution in [0.15, 0.2) is 75.4 Å². The van der Waals surface area contributed by atoms with Crippen molar-refractivity contribution in [3.05, 3.63) is 86.5 Å². The van der Waals surface area contributed by atoms with Gasteiger partial charge in [-0.05, 0) is 69.9 Å². The van der Waals surface area contributed by atoms with Gasteiger partial charge in [-0.15, -0.1) is 11.3 Å². The Morgan fingerprint density at radius 2 is 1.81 bits per heavy atom. The number of Topliss-reactive ketones (excluding diaryl/α,β-unsaturated/α-hetero) is 1. The molecule has 0 aliphatic carbocycles. The summed E-state index contributed by atoms with van der Waals surface area (Å²) in [7, 11) is -3.67. The monoisotopic (exact) mass is 531 g/mol. The minimum absolute atomic E-state index is 0.182. The third-order valence-corrected chi connectivity index (χ3v) is 8.41. The summed E-state index contributed by atoms with van der Waals surface area (Å²) in [6, 6.07) is 17.2. The quantitative estimate of drug-likeness (QED) is 0.250. The topological polar surface area (TPSA) is 80.8 Å². The average Bonchev–Trinajstić information content (AvgIpc) is 3.43. The van der Waals surface area contributed by atoms with Crippen molar-refractivity contribution in [1.29, 1.82) is 0 Å². The van der Waals surface area contributed by atoms with Crippen LogP contribution in [0.1, 0.15) is 20.8 Å². The van der Waals surface area contributed by atoms with Crippen molar-refractivity contribution in [1.82, 2.24) is 0 Å². The van der Waals surface area contributed by atoms with Gasteiger partial charge in [-0.1, -0.05) is 30.3 Å². The minimum Gasteiger partial charge on any atom is -0.454 e. The zero-order valence-corrected chi connectivity index (χ0v) is 20.0. The van der Waals surface area contributed by atoms with E-state index < -0.39 is 16.0 Å². The summed E-state index contributed by atoms with van der Waals surface area (Å²) in [5.74, 6) is -0.931. The molecule has 4 rings (SSSR count). The first-order chi connectivity index (χ1) is 15.3. The van der Waals surface area contributed by atoms with E-state index in [-0.39, 0.29) is 17.3 Å². The van der Waals surface area contributed by atoms with Crippen LogP contribution in [0.4, 0.5) is 5.69 Å². The van der Waals surface area contributed by atoms with Crippen molar-refractivity contribution >= 4 is 60.8 Å². The maximum Gasteiger partial charge on any atom is 0.331 e. The Balaban J connectivity index is 1.38. The molecule has 0 atom stereocenters. The van der Waals surface area contributed by atoms with E-state index in [1.165, 1.54) is 39.9 Å². The molecule has 0 amide bonds. The summed E-state index contributed by atoms with van der Waals surface area (Å²) in [4.78, 5) is 24.6. The predicted molar refractivity (Wildman–Crippen MR) is 127 cm³/mol.